The zero-order chi connectivity index (χ0) is 12.0. The first kappa shape index (κ1) is 13.9. The fraction of sp³-hybridized carbons (Fsp3) is 1.00. The van der Waals surface area contributed by atoms with Crippen LogP contribution in [0.25, 0.3) is 0 Å². The molecule has 0 saturated carbocycles. The molecule has 1 heterocycles. The summed E-state index contributed by atoms with van der Waals surface area (Å²) in [5.74, 6) is 0.355. The lowest BCUT2D eigenvalue weighted by Gasteiger charge is -2.34. The van der Waals surface area contributed by atoms with Gasteiger partial charge in [0.2, 0.25) is 0 Å². The second kappa shape index (κ2) is 7.25. The number of rotatable bonds is 6. The summed E-state index contributed by atoms with van der Waals surface area (Å²) in [7, 11) is 0. The Bertz CT molecular complexity index is 179. The van der Waals surface area contributed by atoms with Crippen molar-refractivity contribution in [3.8, 4) is 0 Å². The average molecular weight is 228 g/mol. The molecule has 0 aromatic carbocycles. The number of aliphatic hydroxyl groups excluding tert-OH is 1. The zero-order valence-electron chi connectivity index (χ0n) is 11.1. The monoisotopic (exact) mass is 228 g/mol. The summed E-state index contributed by atoms with van der Waals surface area (Å²) in [5, 5.41) is 12.7. The van der Waals surface area contributed by atoms with E-state index < -0.39 is 0 Å². The number of hydrogen-bond acceptors (Lipinski definition) is 3. The summed E-state index contributed by atoms with van der Waals surface area (Å²) in [6.07, 6.45) is 3.76. The van der Waals surface area contributed by atoms with E-state index in [0.29, 0.717) is 18.0 Å². The van der Waals surface area contributed by atoms with Gasteiger partial charge >= 0.3 is 0 Å². The van der Waals surface area contributed by atoms with E-state index in [1.807, 2.05) is 0 Å². The average Bonchev–Trinajstić information content (AvgIpc) is 2.31. The first-order valence-corrected chi connectivity index (χ1v) is 6.76. The van der Waals surface area contributed by atoms with Crippen LogP contribution in [-0.2, 0) is 0 Å². The van der Waals surface area contributed by atoms with Gasteiger partial charge < -0.3 is 15.3 Å². The van der Waals surface area contributed by atoms with Gasteiger partial charge in [-0.3, -0.25) is 0 Å². The van der Waals surface area contributed by atoms with Crippen LogP contribution in [0.4, 0.5) is 0 Å². The smallest absolute Gasteiger partial charge is 0.0471 e. The molecule has 16 heavy (non-hydrogen) atoms. The van der Waals surface area contributed by atoms with Gasteiger partial charge in [-0.1, -0.05) is 13.8 Å². The minimum Gasteiger partial charge on any atom is -0.396 e. The molecular weight excluding hydrogens is 200 g/mol. The molecule has 96 valence electrons. The standard InChI is InChI=1S/C13H28N2O/c1-4-7-15-8-5-13(6-9-15)14-12(3)11(2)10-16/h11-14,16H,4-10H2,1-3H3. The molecule has 2 atom stereocenters. The van der Waals surface area contributed by atoms with Crippen LogP contribution in [0.3, 0.4) is 0 Å². The molecule has 3 nitrogen and oxygen atoms in total. The summed E-state index contributed by atoms with van der Waals surface area (Å²) in [5.41, 5.74) is 0. The Hall–Kier alpha value is -0.120. The molecule has 0 aromatic rings. The SMILES string of the molecule is CCCN1CCC(NC(C)C(C)CO)CC1. The lowest BCUT2D eigenvalue weighted by Crippen LogP contribution is -2.47. The minimum absolute atomic E-state index is 0.281. The zero-order valence-corrected chi connectivity index (χ0v) is 11.1. The first-order chi connectivity index (χ1) is 7.67. The Morgan fingerprint density at radius 2 is 1.94 bits per heavy atom. The third kappa shape index (κ3) is 4.40. The van der Waals surface area contributed by atoms with E-state index >= 15 is 0 Å². The van der Waals surface area contributed by atoms with E-state index in [4.69, 9.17) is 5.11 Å². The lowest BCUT2D eigenvalue weighted by molar-refractivity contribution is 0.165. The highest BCUT2D eigenvalue weighted by Crippen LogP contribution is 2.13. The maximum Gasteiger partial charge on any atom is 0.0471 e. The predicted molar refractivity (Wildman–Crippen MR) is 68.6 cm³/mol. The van der Waals surface area contributed by atoms with Crippen molar-refractivity contribution in [2.75, 3.05) is 26.2 Å². The number of piperidine rings is 1. The van der Waals surface area contributed by atoms with Crippen LogP contribution in [0.15, 0.2) is 0 Å². The molecule has 0 aliphatic carbocycles. The fourth-order valence-corrected chi connectivity index (χ4v) is 2.33. The first-order valence-electron chi connectivity index (χ1n) is 6.76. The molecule has 0 amide bonds. The van der Waals surface area contributed by atoms with Crippen LogP contribution in [0, 0.1) is 5.92 Å². The van der Waals surface area contributed by atoms with Crippen LogP contribution in [0.1, 0.15) is 40.0 Å². The van der Waals surface area contributed by atoms with Crippen molar-refractivity contribution < 1.29 is 5.11 Å². The number of likely N-dealkylation sites (tertiary alicyclic amines) is 1. The van der Waals surface area contributed by atoms with Crippen LogP contribution in [0.2, 0.25) is 0 Å². The normalized spacial score (nSPS) is 23.2. The maximum absolute atomic E-state index is 9.10. The molecule has 1 saturated heterocycles. The van der Waals surface area contributed by atoms with E-state index in [9.17, 15) is 0 Å². The molecule has 2 unspecified atom stereocenters. The highest BCUT2D eigenvalue weighted by Gasteiger charge is 2.21. The third-order valence-corrected chi connectivity index (χ3v) is 3.77. The van der Waals surface area contributed by atoms with E-state index in [2.05, 4.69) is 31.0 Å². The molecule has 1 fully saturated rings. The molecule has 1 aliphatic heterocycles. The summed E-state index contributed by atoms with van der Waals surface area (Å²) < 4.78 is 0. The Morgan fingerprint density at radius 3 is 2.44 bits per heavy atom. The van der Waals surface area contributed by atoms with E-state index in [1.54, 1.807) is 0 Å². The van der Waals surface area contributed by atoms with Gasteiger partial charge in [-0.15, -0.1) is 0 Å². The van der Waals surface area contributed by atoms with Crippen molar-refractivity contribution >= 4 is 0 Å². The summed E-state index contributed by atoms with van der Waals surface area (Å²) in [6.45, 7) is 10.5. The van der Waals surface area contributed by atoms with Gasteiger partial charge in [0.05, 0.1) is 0 Å². The van der Waals surface area contributed by atoms with Crippen LogP contribution >= 0.6 is 0 Å². The molecular formula is C13H28N2O. The number of nitrogens with one attached hydrogen (secondary N) is 1. The Morgan fingerprint density at radius 1 is 1.31 bits per heavy atom. The van der Waals surface area contributed by atoms with E-state index in [1.165, 1.54) is 38.9 Å². The van der Waals surface area contributed by atoms with Crippen LogP contribution in [0.5, 0.6) is 0 Å². The van der Waals surface area contributed by atoms with Gasteiger partial charge in [-0.05, 0) is 51.7 Å². The van der Waals surface area contributed by atoms with Gasteiger partial charge in [0, 0.05) is 18.7 Å². The molecule has 1 aliphatic rings. The molecule has 0 bridgehead atoms. The minimum atomic E-state index is 0.281. The molecule has 0 aromatic heterocycles. The molecule has 0 radical (unpaired) electrons. The van der Waals surface area contributed by atoms with Crippen molar-refractivity contribution in [2.24, 2.45) is 5.92 Å². The molecule has 0 spiro atoms. The summed E-state index contributed by atoms with van der Waals surface area (Å²) in [4.78, 5) is 2.55. The molecule has 1 rings (SSSR count). The quantitative estimate of drug-likeness (QED) is 0.722. The van der Waals surface area contributed by atoms with Gasteiger partial charge in [-0.2, -0.15) is 0 Å². The second-order valence-corrected chi connectivity index (χ2v) is 5.23. The molecule has 3 heteroatoms. The maximum atomic E-state index is 9.10. The fourth-order valence-electron chi connectivity index (χ4n) is 2.33. The van der Waals surface area contributed by atoms with Crippen molar-refractivity contribution in [1.82, 2.24) is 10.2 Å². The largest absolute Gasteiger partial charge is 0.396 e. The number of hydrogen-bond donors (Lipinski definition) is 2. The van der Waals surface area contributed by atoms with Crippen molar-refractivity contribution in [2.45, 2.75) is 52.1 Å². The number of nitrogens with zero attached hydrogens (tertiary/aromatic N) is 1. The Balaban J connectivity index is 2.21. The Labute approximate surface area is 100 Å². The van der Waals surface area contributed by atoms with Gasteiger partial charge in [-0.25, -0.2) is 0 Å². The van der Waals surface area contributed by atoms with Gasteiger partial charge in [0.25, 0.3) is 0 Å². The second-order valence-electron chi connectivity index (χ2n) is 5.23. The van der Waals surface area contributed by atoms with Crippen LogP contribution in [-0.4, -0.2) is 48.3 Å². The van der Waals surface area contributed by atoms with E-state index in [-0.39, 0.29) is 6.61 Å². The summed E-state index contributed by atoms with van der Waals surface area (Å²) in [6, 6.07) is 1.07. The molecule has 2 N–H and O–H groups in total. The van der Waals surface area contributed by atoms with Crippen molar-refractivity contribution in [1.29, 1.82) is 0 Å². The summed E-state index contributed by atoms with van der Waals surface area (Å²) >= 11 is 0. The highest BCUT2D eigenvalue weighted by molar-refractivity contribution is 4.80. The van der Waals surface area contributed by atoms with Gasteiger partial charge in [0.15, 0.2) is 0 Å². The highest BCUT2D eigenvalue weighted by atomic mass is 16.3. The topological polar surface area (TPSA) is 35.5 Å². The van der Waals surface area contributed by atoms with E-state index in [0.717, 1.165) is 0 Å². The number of aliphatic hydroxyl groups is 1. The van der Waals surface area contributed by atoms with Crippen molar-refractivity contribution in [3.63, 3.8) is 0 Å². The lowest BCUT2D eigenvalue weighted by atomic mass is 9.99. The predicted octanol–water partition coefficient (Wildman–Crippen LogP) is 1.47. The van der Waals surface area contributed by atoms with Crippen LogP contribution < -0.4 is 5.32 Å². The Kier molecular flexibility index (Phi) is 6.32. The van der Waals surface area contributed by atoms with Crippen molar-refractivity contribution in [3.05, 3.63) is 0 Å². The van der Waals surface area contributed by atoms with Gasteiger partial charge in [0.1, 0.15) is 0 Å². The third-order valence-electron chi connectivity index (χ3n) is 3.77.